The molecule has 0 saturated carbocycles. The number of hydrogen-bond donors (Lipinski definition) is 1. The van der Waals surface area contributed by atoms with Gasteiger partial charge in [0.1, 0.15) is 12.2 Å². The molecule has 2 aromatic rings. The molecule has 0 bridgehead atoms. The molecule has 1 N–H and O–H groups in total. The molecule has 0 spiro atoms. The van der Waals surface area contributed by atoms with Gasteiger partial charge in [-0.2, -0.15) is 5.10 Å². The summed E-state index contributed by atoms with van der Waals surface area (Å²) in [4.78, 5) is 8.67. The van der Waals surface area contributed by atoms with Crippen molar-refractivity contribution in [2.45, 2.75) is 32.9 Å². The first-order valence-electron chi connectivity index (χ1n) is 6.35. The lowest BCUT2D eigenvalue weighted by molar-refractivity contribution is 0.554. The van der Waals surface area contributed by atoms with E-state index in [-0.39, 0.29) is 0 Å². The van der Waals surface area contributed by atoms with Crippen LogP contribution >= 0.6 is 0 Å². The van der Waals surface area contributed by atoms with Crippen LogP contribution in [0.1, 0.15) is 24.9 Å². The van der Waals surface area contributed by atoms with Gasteiger partial charge in [0.25, 0.3) is 0 Å². The fourth-order valence-corrected chi connectivity index (χ4v) is 1.85. The quantitative estimate of drug-likeness (QED) is 0.783. The van der Waals surface area contributed by atoms with Crippen molar-refractivity contribution < 1.29 is 0 Å². The summed E-state index contributed by atoms with van der Waals surface area (Å²) in [6.07, 6.45) is 7.56. The minimum absolute atomic E-state index is 0.729. The summed E-state index contributed by atoms with van der Waals surface area (Å²) < 4.78 is 4.01. The average molecular weight is 248 g/mol. The van der Waals surface area contributed by atoms with Crippen LogP contribution in [0.3, 0.4) is 0 Å². The van der Waals surface area contributed by atoms with E-state index >= 15 is 0 Å². The zero-order chi connectivity index (χ0) is 12.8. The SMILES string of the molecule is CCCn1ncnc1Cn1cnc(CCNC)c1. The molecule has 98 valence electrons. The first-order chi connectivity index (χ1) is 8.83. The molecule has 0 aliphatic heterocycles. The number of aryl methyl sites for hydroxylation is 1. The summed E-state index contributed by atoms with van der Waals surface area (Å²) in [5.74, 6) is 0.981. The Balaban J connectivity index is 1.99. The predicted octanol–water partition coefficient (Wildman–Crippen LogP) is 0.695. The second kappa shape index (κ2) is 6.30. The molecule has 0 saturated heterocycles. The highest BCUT2D eigenvalue weighted by Gasteiger charge is 2.05. The maximum absolute atomic E-state index is 4.38. The van der Waals surface area contributed by atoms with Gasteiger partial charge < -0.3 is 9.88 Å². The van der Waals surface area contributed by atoms with Gasteiger partial charge in [-0.05, 0) is 13.5 Å². The van der Waals surface area contributed by atoms with Crippen molar-refractivity contribution in [3.8, 4) is 0 Å². The Kier molecular flexibility index (Phi) is 4.46. The van der Waals surface area contributed by atoms with Crippen molar-refractivity contribution in [1.82, 2.24) is 29.6 Å². The molecular formula is C12H20N6. The Morgan fingerprint density at radius 2 is 2.22 bits per heavy atom. The van der Waals surface area contributed by atoms with Crippen molar-refractivity contribution in [3.05, 3.63) is 30.4 Å². The highest BCUT2D eigenvalue weighted by atomic mass is 15.3. The molecule has 0 aliphatic rings. The molecule has 2 rings (SSSR count). The number of aromatic nitrogens is 5. The lowest BCUT2D eigenvalue weighted by Crippen LogP contribution is -2.10. The summed E-state index contributed by atoms with van der Waals surface area (Å²) in [6.45, 7) is 4.73. The Morgan fingerprint density at radius 1 is 1.33 bits per heavy atom. The third kappa shape index (κ3) is 3.16. The van der Waals surface area contributed by atoms with Crippen LogP contribution in [0, 0.1) is 0 Å². The molecule has 6 nitrogen and oxygen atoms in total. The van der Waals surface area contributed by atoms with Gasteiger partial charge in [-0.1, -0.05) is 6.92 Å². The monoisotopic (exact) mass is 248 g/mol. The number of hydrogen-bond acceptors (Lipinski definition) is 4. The predicted molar refractivity (Wildman–Crippen MR) is 69.3 cm³/mol. The maximum atomic E-state index is 4.38. The molecule has 0 atom stereocenters. The van der Waals surface area contributed by atoms with E-state index in [1.54, 1.807) is 6.33 Å². The van der Waals surface area contributed by atoms with Gasteiger partial charge in [0.2, 0.25) is 0 Å². The fourth-order valence-electron chi connectivity index (χ4n) is 1.85. The summed E-state index contributed by atoms with van der Waals surface area (Å²) in [6, 6.07) is 0. The van der Waals surface area contributed by atoms with Crippen molar-refractivity contribution in [1.29, 1.82) is 0 Å². The summed E-state index contributed by atoms with van der Waals surface area (Å²) >= 11 is 0. The maximum Gasteiger partial charge on any atom is 0.146 e. The summed E-state index contributed by atoms with van der Waals surface area (Å²) in [5, 5.41) is 7.34. The van der Waals surface area contributed by atoms with Crippen LogP contribution in [0.25, 0.3) is 0 Å². The van der Waals surface area contributed by atoms with E-state index in [0.29, 0.717) is 0 Å². The molecule has 0 radical (unpaired) electrons. The summed E-state index contributed by atoms with van der Waals surface area (Å²) in [5.41, 5.74) is 1.10. The molecular weight excluding hydrogens is 228 g/mol. The fraction of sp³-hybridized carbons (Fsp3) is 0.583. The normalized spacial score (nSPS) is 11.0. The number of nitrogens with one attached hydrogen (secondary N) is 1. The average Bonchev–Trinajstić information content (AvgIpc) is 2.98. The van der Waals surface area contributed by atoms with Crippen LogP contribution in [0.15, 0.2) is 18.9 Å². The first kappa shape index (κ1) is 12.8. The van der Waals surface area contributed by atoms with E-state index in [2.05, 4.69) is 38.1 Å². The second-order valence-electron chi connectivity index (χ2n) is 4.29. The van der Waals surface area contributed by atoms with E-state index in [4.69, 9.17) is 0 Å². The van der Waals surface area contributed by atoms with E-state index in [1.807, 2.05) is 18.1 Å². The van der Waals surface area contributed by atoms with Crippen LogP contribution in [-0.4, -0.2) is 37.9 Å². The van der Waals surface area contributed by atoms with Gasteiger partial charge in [-0.25, -0.2) is 14.6 Å². The Hall–Kier alpha value is -1.69. The second-order valence-corrected chi connectivity index (χ2v) is 4.29. The van der Waals surface area contributed by atoms with Crippen molar-refractivity contribution in [3.63, 3.8) is 0 Å². The van der Waals surface area contributed by atoms with Crippen molar-refractivity contribution in [2.24, 2.45) is 0 Å². The zero-order valence-corrected chi connectivity index (χ0v) is 11.0. The molecule has 18 heavy (non-hydrogen) atoms. The van der Waals surface area contributed by atoms with Gasteiger partial charge in [0.05, 0.1) is 18.6 Å². The molecule has 0 amide bonds. The van der Waals surface area contributed by atoms with E-state index < -0.39 is 0 Å². The Morgan fingerprint density at radius 3 is 3.00 bits per heavy atom. The van der Waals surface area contributed by atoms with Crippen molar-refractivity contribution in [2.75, 3.05) is 13.6 Å². The number of likely N-dealkylation sites (N-methyl/N-ethyl adjacent to an activating group) is 1. The number of nitrogens with zero attached hydrogens (tertiary/aromatic N) is 5. The molecule has 2 heterocycles. The highest BCUT2D eigenvalue weighted by Crippen LogP contribution is 2.02. The minimum atomic E-state index is 0.729. The van der Waals surface area contributed by atoms with Crippen LogP contribution in [-0.2, 0) is 19.5 Å². The highest BCUT2D eigenvalue weighted by molar-refractivity contribution is 4.99. The molecule has 0 fully saturated rings. The van der Waals surface area contributed by atoms with E-state index in [0.717, 1.165) is 44.0 Å². The summed E-state index contributed by atoms with van der Waals surface area (Å²) in [7, 11) is 1.95. The zero-order valence-electron chi connectivity index (χ0n) is 11.0. The van der Waals surface area contributed by atoms with Gasteiger partial charge in [0, 0.05) is 25.7 Å². The van der Waals surface area contributed by atoms with Crippen LogP contribution in [0.2, 0.25) is 0 Å². The van der Waals surface area contributed by atoms with Crippen LogP contribution in [0.4, 0.5) is 0 Å². The topological polar surface area (TPSA) is 60.6 Å². The molecule has 2 aromatic heterocycles. The smallest absolute Gasteiger partial charge is 0.146 e. The molecule has 0 unspecified atom stereocenters. The third-order valence-corrected chi connectivity index (χ3v) is 2.77. The molecule has 6 heteroatoms. The number of rotatable bonds is 7. The van der Waals surface area contributed by atoms with Crippen LogP contribution in [0.5, 0.6) is 0 Å². The number of imidazole rings is 1. The molecule has 0 aromatic carbocycles. The standard InChI is InChI=1S/C12H20N6/c1-3-6-18-12(14-9-16-18)8-17-7-11(15-10-17)4-5-13-2/h7,9-10,13H,3-6,8H2,1-2H3. The largest absolute Gasteiger partial charge is 0.330 e. The van der Waals surface area contributed by atoms with Gasteiger partial charge in [-0.15, -0.1) is 0 Å². The Bertz CT molecular complexity index is 472. The van der Waals surface area contributed by atoms with Crippen molar-refractivity contribution >= 4 is 0 Å². The lowest BCUT2D eigenvalue weighted by atomic mass is 10.3. The third-order valence-electron chi connectivity index (χ3n) is 2.77. The van der Waals surface area contributed by atoms with E-state index in [1.165, 1.54) is 0 Å². The Labute approximate surface area is 107 Å². The first-order valence-corrected chi connectivity index (χ1v) is 6.35. The lowest BCUT2D eigenvalue weighted by Gasteiger charge is -2.04. The van der Waals surface area contributed by atoms with E-state index in [9.17, 15) is 0 Å². The molecule has 0 aliphatic carbocycles. The van der Waals surface area contributed by atoms with Gasteiger partial charge in [0.15, 0.2) is 0 Å². The minimum Gasteiger partial charge on any atom is -0.330 e. The van der Waals surface area contributed by atoms with Gasteiger partial charge in [-0.3, -0.25) is 0 Å². The van der Waals surface area contributed by atoms with Crippen LogP contribution < -0.4 is 5.32 Å². The van der Waals surface area contributed by atoms with Gasteiger partial charge >= 0.3 is 0 Å².